The van der Waals surface area contributed by atoms with E-state index in [9.17, 15) is 14.7 Å². The first-order chi connectivity index (χ1) is 7.41. The molecule has 1 atom stereocenters. The van der Waals surface area contributed by atoms with Crippen LogP contribution in [0.15, 0.2) is 15.5 Å². The van der Waals surface area contributed by atoms with Crippen LogP contribution in [-0.2, 0) is 11.3 Å². The van der Waals surface area contributed by atoms with Gasteiger partial charge in [0.25, 0.3) is 5.56 Å². The highest BCUT2D eigenvalue weighted by Gasteiger charge is 2.13. The second kappa shape index (κ2) is 5.22. The molecule has 0 fully saturated rings. The number of carboxylic acid groups (broad SMARTS) is 1. The van der Waals surface area contributed by atoms with E-state index in [0.717, 1.165) is 0 Å². The molecule has 1 unspecified atom stereocenters. The minimum atomic E-state index is -1.11. The number of aliphatic hydroxyl groups is 1. The Morgan fingerprint density at radius 1 is 1.69 bits per heavy atom. The molecule has 0 aliphatic carbocycles. The third kappa shape index (κ3) is 3.14. The van der Waals surface area contributed by atoms with Crippen molar-refractivity contribution >= 4 is 21.9 Å². The van der Waals surface area contributed by atoms with Crippen molar-refractivity contribution in [2.45, 2.75) is 26.0 Å². The van der Waals surface area contributed by atoms with E-state index in [-0.39, 0.29) is 16.6 Å². The Balaban J connectivity index is 2.93. The van der Waals surface area contributed by atoms with Gasteiger partial charge in [0.15, 0.2) is 0 Å². The molecule has 0 aliphatic rings. The van der Waals surface area contributed by atoms with Gasteiger partial charge in [-0.05, 0) is 22.9 Å². The van der Waals surface area contributed by atoms with E-state index in [0.29, 0.717) is 5.82 Å². The number of rotatable bonds is 4. The van der Waals surface area contributed by atoms with Crippen molar-refractivity contribution in [3.63, 3.8) is 0 Å². The molecule has 6 nitrogen and oxygen atoms in total. The summed E-state index contributed by atoms with van der Waals surface area (Å²) in [6.45, 7) is 1.53. The maximum absolute atomic E-state index is 11.6. The van der Waals surface area contributed by atoms with Crippen molar-refractivity contribution in [1.82, 2.24) is 9.55 Å². The molecule has 0 amide bonds. The number of carbonyl (C=O) groups is 1. The van der Waals surface area contributed by atoms with Crippen LogP contribution in [0.4, 0.5) is 0 Å². The summed E-state index contributed by atoms with van der Waals surface area (Å²) in [5, 5.41) is 17.9. The SMILES string of the molecule is Cc1ncc(Br)c(=O)n1CC(O)CC(=O)O. The molecule has 7 heteroatoms. The van der Waals surface area contributed by atoms with Crippen molar-refractivity contribution in [3.05, 3.63) is 26.8 Å². The predicted molar refractivity (Wildman–Crippen MR) is 59.2 cm³/mol. The largest absolute Gasteiger partial charge is 0.481 e. The molecular formula is C9H11BrN2O4. The zero-order valence-electron chi connectivity index (χ0n) is 8.55. The van der Waals surface area contributed by atoms with Gasteiger partial charge in [-0.1, -0.05) is 0 Å². The highest BCUT2D eigenvalue weighted by atomic mass is 79.9. The Hall–Kier alpha value is -1.21. The lowest BCUT2D eigenvalue weighted by Gasteiger charge is -2.12. The van der Waals surface area contributed by atoms with E-state index in [1.165, 1.54) is 10.8 Å². The zero-order chi connectivity index (χ0) is 12.3. The van der Waals surface area contributed by atoms with Crippen molar-refractivity contribution in [1.29, 1.82) is 0 Å². The Labute approximate surface area is 99.7 Å². The molecule has 0 saturated carbocycles. The molecule has 88 valence electrons. The minimum Gasteiger partial charge on any atom is -0.481 e. The molecule has 0 aromatic carbocycles. The Morgan fingerprint density at radius 2 is 2.31 bits per heavy atom. The monoisotopic (exact) mass is 290 g/mol. The molecule has 0 bridgehead atoms. The second-order valence-corrected chi connectivity index (χ2v) is 4.18. The summed E-state index contributed by atoms with van der Waals surface area (Å²) in [5.41, 5.74) is -0.336. The smallest absolute Gasteiger partial charge is 0.306 e. The van der Waals surface area contributed by atoms with Gasteiger partial charge in [-0.25, -0.2) is 4.98 Å². The number of carboxylic acids is 1. The molecule has 1 aromatic rings. The normalized spacial score (nSPS) is 12.4. The minimum absolute atomic E-state index is 0.0800. The first-order valence-corrected chi connectivity index (χ1v) is 5.33. The summed E-state index contributed by atoms with van der Waals surface area (Å²) < 4.78 is 1.51. The molecule has 0 saturated heterocycles. The number of hydrogen-bond donors (Lipinski definition) is 2. The summed E-state index contributed by atoms with van der Waals surface area (Å²) in [5.74, 6) is -0.682. The molecule has 0 spiro atoms. The molecule has 1 rings (SSSR count). The number of nitrogens with zero attached hydrogens (tertiary/aromatic N) is 2. The molecule has 16 heavy (non-hydrogen) atoms. The lowest BCUT2D eigenvalue weighted by atomic mass is 10.2. The zero-order valence-corrected chi connectivity index (χ0v) is 10.1. The van der Waals surface area contributed by atoms with Gasteiger partial charge in [-0.15, -0.1) is 0 Å². The summed E-state index contributed by atoms with van der Waals surface area (Å²) in [4.78, 5) is 25.9. The quantitative estimate of drug-likeness (QED) is 0.823. The van der Waals surface area contributed by atoms with Crippen LogP contribution in [0.2, 0.25) is 0 Å². The van der Waals surface area contributed by atoms with Crippen molar-refractivity contribution < 1.29 is 15.0 Å². The van der Waals surface area contributed by atoms with Crippen LogP contribution in [0.5, 0.6) is 0 Å². The maximum atomic E-state index is 11.6. The molecule has 0 radical (unpaired) electrons. The van der Waals surface area contributed by atoms with Gasteiger partial charge in [0.2, 0.25) is 0 Å². The topological polar surface area (TPSA) is 92.4 Å². The first-order valence-electron chi connectivity index (χ1n) is 4.53. The van der Waals surface area contributed by atoms with Crippen LogP contribution < -0.4 is 5.56 Å². The van der Waals surface area contributed by atoms with E-state index >= 15 is 0 Å². The van der Waals surface area contributed by atoms with Gasteiger partial charge in [0.1, 0.15) is 10.3 Å². The summed E-state index contributed by atoms with van der Waals surface area (Å²) >= 11 is 3.03. The molecule has 1 aromatic heterocycles. The Kier molecular flexibility index (Phi) is 4.19. The van der Waals surface area contributed by atoms with Crippen LogP contribution in [0.25, 0.3) is 0 Å². The van der Waals surface area contributed by atoms with E-state index in [2.05, 4.69) is 20.9 Å². The fourth-order valence-corrected chi connectivity index (χ4v) is 1.56. The number of aryl methyl sites for hydroxylation is 1. The molecular weight excluding hydrogens is 280 g/mol. The summed E-state index contributed by atoms with van der Waals surface area (Å²) in [6, 6.07) is 0. The average Bonchev–Trinajstić information content (AvgIpc) is 2.17. The lowest BCUT2D eigenvalue weighted by Crippen LogP contribution is -2.30. The average molecular weight is 291 g/mol. The van der Waals surface area contributed by atoms with Crippen molar-refractivity contribution in [2.75, 3.05) is 0 Å². The number of hydrogen-bond acceptors (Lipinski definition) is 4. The van der Waals surface area contributed by atoms with Gasteiger partial charge >= 0.3 is 5.97 Å². The lowest BCUT2D eigenvalue weighted by molar-refractivity contribution is -0.139. The van der Waals surface area contributed by atoms with Crippen LogP contribution in [0, 0.1) is 6.92 Å². The Morgan fingerprint density at radius 3 is 2.88 bits per heavy atom. The van der Waals surface area contributed by atoms with Crippen molar-refractivity contribution in [3.8, 4) is 0 Å². The van der Waals surface area contributed by atoms with Gasteiger partial charge in [-0.2, -0.15) is 0 Å². The summed E-state index contributed by atoms with van der Waals surface area (Å²) in [7, 11) is 0. The van der Waals surface area contributed by atoms with Gasteiger partial charge in [-0.3, -0.25) is 14.2 Å². The third-order valence-corrected chi connectivity index (χ3v) is 2.55. The van der Waals surface area contributed by atoms with Gasteiger partial charge < -0.3 is 10.2 Å². The van der Waals surface area contributed by atoms with Crippen LogP contribution in [-0.4, -0.2) is 31.8 Å². The number of halogens is 1. The fraction of sp³-hybridized carbons (Fsp3) is 0.444. The predicted octanol–water partition coefficient (Wildman–Crippen LogP) is 0.150. The van der Waals surface area contributed by atoms with Gasteiger partial charge in [0, 0.05) is 6.20 Å². The van der Waals surface area contributed by atoms with Crippen LogP contribution >= 0.6 is 15.9 Å². The standard InChI is InChI=1S/C9H11BrN2O4/c1-5-11-3-7(10)9(16)12(5)4-6(13)2-8(14)15/h3,6,13H,2,4H2,1H3,(H,14,15). The fourth-order valence-electron chi connectivity index (χ4n) is 1.24. The third-order valence-electron chi connectivity index (χ3n) is 2.01. The van der Waals surface area contributed by atoms with Crippen LogP contribution in [0.1, 0.15) is 12.2 Å². The van der Waals surface area contributed by atoms with E-state index in [4.69, 9.17) is 5.11 Å². The molecule has 1 heterocycles. The van der Waals surface area contributed by atoms with E-state index < -0.39 is 18.5 Å². The van der Waals surface area contributed by atoms with E-state index in [1.807, 2.05) is 0 Å². The summed E-state index contributed by atoms with van der Waals surface area (Å²) in [6.07, 6.45) is -0.138. The molecule has 0 aliphatic heterocycles. The number of aromatic nitrogens is 2. The van der Waals surface area contributed by atoms with Gasteiger partial charge in [0.05, 0.1) is 19.1 Å². The maximum Gasteiger partial charge on any atom is 0.306 e. The van der Waals surface area contributed by atoms with Crippen molar-refractivity contribution in [2.24, 2.45) is 0 Å². The number of aliphatic carboxylic acids is 1. The van der Waals surface area contributed by atoms with Crippen LogP contribution in [0.3, 0.4) is 0 Å². The van der Waals surface area contributed by atoms with E-state index in [1.54, 1.807) is 6.92 Å². The first kappa shape index (κ1) is 12.9. The highest BCUT2D eigenvalue weighted by molar-refractivity contribution is 9.10. The Bertz CT molecular complexity index is 457. The number of aliphatic hydroxyl groups excluding tert-OH is 1. The second-order valence-electron chi connectivity index (χ2n) is 3.32. The molecule has 2 N–H and O–H groups in total. The highest BCUT2D eigenvalue weighted by Crippen LogP contribution is 2.03.